The summed E-state index contributed by atoms with van der Waals surface area (Å²) in [5.74, 6) is 2.54. The summed E-state index contributed by atoms with van der Waals surface area (Å²) >= 11 is 0. The van der Waals surface area contributed by atoms with Crippen molar-refractivity contribution in [1.29, 1.82) is 0 Å². The van der Waals surface area contributed by atoms with Crippen molar-refractivity contribution < 1.29 is 9.53 Å². The molecule has 0 unspecified atom stereocenters. The van der Waals surface area contributed by atoms with Crippen molar-refractivity contribution in [1.82, 2.24) is 15.3 Å². The van der Waals surface area contributed by atoms with Crippen LogP contribution < -0.4 is 15.0 Å². The summed E-state index contributed by atoms with van der Waals surface area (Å²) in [4.78, 5) is 21.0. The molecule has 96 valence electrons. The number of hydrogen-bond acceptors (Lipinski definition) is 5. The molecule has 0 fully saturated rings. The summed E-state index contributed by atoms with van der Waals surface area (Å²) in [7, 11) is 1.85. The van der Waals surface area contributed by atoms with Crippen LogP contribution in [0.15, 0.2) is 36.7 Å². The summed E-state index contributed by atoms with van der Waals surface area (Å²) < 4.78 is 4.94. The van der Waals surface area contributed by atoms with Gasteiger partial charge in [0.05, 0.1) is 6.67 Å². The SMILES string of the molecule is CN1CNC(=O)c2nccnc21.c1ccc2c(c1)O2. The molecule has 6 nitrogen and oxygen atoms in total. The van der Waals surface area contributed by atoms with E-state index >= 15 is 0 Å². The highest BCUT2D eigenvalue weighted by molar-refractivity contribution is 5.98. The average Bonchev–Trinajstić information content (AvgIpc) is 3.23. The van der Waals surface area contributed by atoms with Gasteiger partial charge < -0.3 is 15.0 Å². The van der Waals surface area contributed by atoms with Crippen molar-refractivity contribution in [3.05, 3.63) is 42.4 Å². The van der Waals surface area contributed by atoms with Crippen LogP contribution in [0.4, 0.5) is 5.82 Å². The van der Waals surface area contributed by atoms with Crippen LogP contribution in [0.3, 0.4) is 0 Å². The second kappa shape index (κ2) is 4.56. The molecule has 19 heavy (non-hydrogen) atoms. The van der Waals surface area contributed by atoms with Crippen LogP contribution in [0, 0.1) is 0 Å². The van der Waals surface area contributed by atoms with Gasteiger partial charge in [-0.2, -0.15) is 0 Å². The number of benzene rings is 1. The van der Waals surface area contributed by atoms with E-state index in [1.165, 1.54) is 6.20 Å². The molecular formula is C13H12N4O2. The molecule has 2 aliphatic heterocycles. The van der Waals surface area contributed by atoms with Gasteiger partial charge >= 0.3 is 0 Å². The molecule has 2 aliphatic rings. The van der Waals surface area contributed by atoms with Gasteiger partial charge in [0.2, 0.25) is 0 Å². The molecule has 0 saturated heterocycles. The predicted octanol–water partition coefficient (Wildman–Crippen LogP) is 1.41. The molecule has 0 saturated carbocycles. The normalized spacial score (nSPS) is 14.2. The number of carbonyl (C=O) groups excluding carboxylic acids is 1. The molecule has 0 bridgehead atoms. The number of amides is 1. The Morgan fingerprint density at radius 2 is 1.89 bits per heavy atom. The molecule has 0 atom stereocenters. The van der Waals surface area contributed by atoms with Crippen molar-refractivity contribution >= 4 is 11.7 Å². The van der Waals surface area contributed by atoms with Crippen LogP contribution >= 0.6 is 0 Å². The third-order valence-electron chi connectivity index (χ3n) is 2.76. The Balaban J connectivity index is 0.000000132. The van der Waals surface area contributed by atoms with Crippen molar-refractivity contribution in [3.63, 3.8) is 0 Å². The van der Waals surface area contributed by atoms with Gasteiger partial charge in [-0.25, -0.2) is 9.97 Å². The van der Waals surface area contributed by atoms with Gasteiger partial charge in [0.25, 0.3) is 5.91 Å². The Morgan fingerprint density at radius 3 is 2.53 bits per heavy atom. The van der Waals surface area contributed by atoms with E-state index in [4.69, 9.17) is 4.74 Å². The van der Waals surface area contributed by atoms with Crippen molar-refractivity contribution in [2.75, 3.05) is 18.6 Å². The van der Waals surface area contributed by atoms with Gasteiger partial charge in [0, 0.05) is 19.4 Å². The summed E-state index contributed by atoms with van der Waals surface area (Å²) in [6.45, 7) is 0.491. The summed E-state index contributed by atoms with van der Waals surface area (Å²) in [5, 5.41) is 2.67. The van der Waals surface area contributed by atoms with Crippen molar-refractivity contribution in [3.8, 4) is 11.5 Å². The van der Waals surface area contributed by atoms with E-state index in [2.05, 4.69) is 15.3 Å². The first-order chi connectivity index (χ1) is 9.25. The lowest BCUT2D eigenvalue weighted by Gasteiger charge is -2.24. The van der Waals surface area contributed by atoms with Crippen LogP contribution in [0.2, 0.25) is 0 Å². The first-order valence-corrected chi connectivity index (χ1v) is 5.83. The Labute approximate surface area is 110 Å². The Kier molecular flexibility index (Phi) is 2.75. The summed E-state index contributed by atoms with van der Waals surface area (Å²) in [6.07, 6.45) is 3.09. The molecule has 3 heterocycles. The minimum Gasteiger partial charge on any atom is -0.450 e. The number of rotatable bonds is 0. The standard InChI is InChI=1S/C7H8N4O.C6H4O/c1-11-4-10-7(12)5-6(11)9-3-2-8-5;1-2-4-6-5(3-1)7-6/h2-3H,4H2,1H3,(H,10,12);1-4H. The third-order valence-corrected chi connectivity index (χ3v) is 2.76. The molecule has 1 amide bonds. The van der Waals surface area contributed by atoms with Crippen LogP contribution in [0.25, 0.3) is 0 Å². The quantitative estimate of drug-likeness (QED) is 0.616. The zero-order valence-corrected chi connectivity index (χ0v) is 10.3. The Hall–Kier alpha value is -2.63. The minimum absolute atomic E-state index is 0.156. The summed E-state index contributed by atoms with van der Waals surface area (Å²) in [6, 6.07) is 7.84. The number of ether oxygens (including phenoxy) is 1. The maximum atomic E-state index is 11.2. The number of hydrogen-bond donors (Lipinski definition) is 1. The highest BCUT2D eigenvalue weighted by Gasteiger charge is 2.21. The first-order valence-electron chi connectivity index (χ1n) is 5.83. The lowest BCUT2D eigenvalue weighted by atomic mass is 10.3. The van der Waals surface area contributed by atoms with Crippen LogP contribution in [-0.4, -0.2) is 29.6 Å². The molecule has 0 spiro atoms. The largest absolute Gasteiger partial charge is 0.450 e. The second-order valence-electron chi connectivity index (χ2n) is 4.14. The molecule has 1 aromatic heterocycles. The van der Waals surface area contributed by atoms with Gasteiger partial charge in [-0.05, 0) is 12.1 Å². The topological polar surface area (TPSA) is 70.7 Å². The fourth-order valence-electron chi connectivity index (χ4n) is 1.73. The highest BCUT2D eigenvalue weighted by Crippen LogP contribution is 2.43. The number of anilines is 1. The number of nitrogens with zero attached hydrogens (tertiary/aromatic N) is 3. The van der Waals surface area contributed by atoms with E-state index in [-0.39, 0.29) is 5.91 Å². The number of fused-ring (bicyclic) bond motifs is 2. The van der Waals surface area contributed by atoms with E-state index in [1.54, 1.807) is 6.20 Å². The average molecular weight is 256 g/mol. The monoisotopic (exact) mass is 256 g/mol. The smallest absolute Gasteiger partial charge is 0.275 e. The molecule has 0 aliphatic carbocycles. The van der Waals surface area contributed by atoms with Gasteiger partial charge in [-0.1, -0.05) is 12.1 Å². The van der Waals surface area contributed by atoms with E-state index in [0.29, 0.717) is 18.2 Å². The van der Waals surface area contributed by atoms with E-state index in [0.717, 1.165) is 11.5 Å². The molecule has 6 heteroatoms. The molecular weight excluding hydrogens is 244 g/mol. The molecule has 4 rings (SSSR count). The fraction of sp³-hybridized carbons (Fsp3) is 0.154. The van der Waals surface area contributed by atoms with E-state index in [1.807, 2.05) is 36.2 Å². The van der Waals surface area contributed by atoms with Crippen molar-refractivity contribution in [2.45, 2.75) is 0 Å². The van der Waals surface area contributed by atoms with E-state index < -0.39 is 0 Å². The van der Waals surface area contributed by atoms with Gasteiger partial charge in [0.15, 0.2) is 23.0 Å². The zero-order chi connectivity index (χ0) is 13.2. The van der Waals surface area contributed by atoms with Crippen LogP contribution in [0.5, 0.6) is 11.5 Å². The number of carbonyl (C=O) groups is 1. The van der Waals surface area contributed by atoms with Gasteiger partial charge in [-0.3, -0.25) is 4.79 Å². The third kappa shape index (κ3) is 2.33. The number of nitrogens with one attached hydrogen (secondary N) is 1. The lowest BCUT2D eigenvalue weighted by molar-refractivity contribution is 0.0942. The first kappa shape index (κ1) is 11.5. The highest BCUT2D eigenvalue weighted by atomic mass is 16.6. The maximum Gasteiger partial charge on any atom is 0.275 e. The predicted molar refractivity (Wildman–Crippen MR) is 69.3 cm³/mol. The lowest BCUT2D eigenvalue weighted by Crippen LogP contribution is -2.42. The Bertz CT molecular complexity index is 609. The van der Waals surface area contributed by atoms with Crippen LogP contribution in [-0.2, 0) is 0 Å². The van der Waals surface area contributed by atoms with Crippen LogP contribution in [0.1, 0.15) is 10.5 Å². The van der Waals surface area contributed by atoms with Gasteiger partial charge in [-0.15, -0.1) is 0 Å². The van der Waals surface area contributed by atoms with Gasteiger partial charge in [0.1, 0.15) is 0 Å². The fourth-order valence-corrected chi connectivity index (χ4v) is 1.73. The summed E-state index contributed by atoms with van der Waals surface area (Å²) in [5.41, 5.74) is 0.395. The van der Waals surface area contributed by atoms with E-state index in [9.17, 15) is 4.79 Å². The number of aromatic nitrogens is 2. The number of para-hydroxylation sites is 2. The zero-order valence-electron chi connectivity index (χ0n) is 10.3. The maximum absolute atomic E-state index is 11.2. The molecule has 1 aromatic carbocycles. The second-order valence-corrected chi connectivity index (χ2v) is 4.14. The minimum atomic E-state index is -0.156. The van der Waals surface area contributed by atoms with Crippen molar-refractivity contribution in [2.24, 2.45) is 0 Å². The molecule has 0 radical (unpaired) electrons. The molecule has 1 N–H and O–H groups in total. The Morgan fingerprint density at radius 1 is 1.21 bits per heavy atom. The molecule has 2 aromatic rings.